The monoisotopic (exact) mass is 386 g/mol. The molecule has 0 aromatic heterocycles. The van der Waals surface area contributed by atoms with E-state index in [0.29, 0.717) is 20.2 Å². The molecule has 0 atom stereocenters. The molecule has 0 bridgehead atoms. The lowest BCUT2D eigenvalue weighted by molar-refractivity contribution is 0.102. The molecule has 0 unspecified atom stereocenters. The molecule has 0 aliphatic carbocycles. The molecule has 2 rings (SSSR count). The predicted octanol–water partition coefficient (Wildman–Crippen LogP) is 4.19. The summed E-state index contributed by atoms with van der Waals surface area (Å²) in [4.78, 5) is 12.0. The van der Waals surface area contributed by atoms with E-state index in [4.69, 9.17) is 5.73 Å². The Morgan fingerprint density at radius 2 is 1.89 bits per heavy atom. The number of hydrogen-bond donors (Lipinski definition) is 2. The van der Waals surface area contributed by atoms with Crippen molar-refractivity contribution in [3.05, 3.63) is 56.7 Å². The highest BCUT2D eigenvalue weighted by Gasteiger charge is 2.10. The molecule has 0 aliphatic rings. The van der Waals surface area contributed by atoms with Crippen molar-refractivity contribution < 1.29 is 9.18 Å². The highest BCUT2D eigenvalue weighted by atomic mass is 79.9. The fraction of sp³-hybridized carbons (Fsp3) is 0. The van der Waals surface area contributed by atoms with E-state index in [1.165, 1.54) is 18.2 Å². The van der Waals surface area contributed by atoms with Crippen molar-refractivity contribution in [3.63, 3.8) is 0 Å². The van der Waals surface area contributed by atoms with E-state index in [2.05, 4.69) is 37.2 Å². The first kappa shape index (κ1) is 14.0. The highest BCUT2D eigenvalue weighted by molar-refractivity contribution is 9.10. The zero-order valence-electron chi connectivity index (χ0n) is 9.58. The second-order valence-electron chi connectivity index (χ2n) is 3.81. The largest absolute Gasteiger partial charge is 0.398 e. The summed E-state index contributed by atoms with van der Waals surface area (Å²) in [5.41, 5.74) is 6.62. The van der Waals surface area contributed by atoms with Gasteiger partial charge in [-0.05, 0) is 52.3 Å². The zero-order valence-corrected chi connectivity index (χ0v) is 12.8. The first-order valence-electron chi connectivity index (χ1n) is 5.29. The molecule has 6 heteroatoms. The maximum Gasteiger partial charge on any atom is 0.255 e. The van der Waals surface area contributed by atoms with Crippen LogP contribution in [0.15, 0.2) is 45.3 Å². The minimum atomic E-state index is -0.498. The summed E-state index contributed by atoms with van der Waals surface area (Å²) in [5.74, 6) is -0.919. The van der Waals surface area contributed by atoms with E-state index in [9.17, 15) is 9.18 Å². The SMILES string of the molecule is Nc1cc(C(=O)Nc2cc(Br)ccc2F)ccc1Br. The van der Waals surface area contributed by atoms with Crippen LogP contribution in [0.5, 0.6) is 0 Å². The van der Waals surface area contributed by atoms with Crippen molar-refractivity contribution in [1.29, 1.82) is 0 Å². The highest BCUT2D eigenvalue weighted by Crippen LogP contribution is 2.23. The quantitative estimate of drug-likeness (QED) is 0.759. The van der Waals surface area contributed by atoms with E-state index < -0.39 is 11.7 Å². The molecule has 3 N–H and O–H groups in total. The standard InChI is InChI=1S/C13H9Br2FN2O/c14-8-2-4-10(16)12(6-8)18-13(19)7-1-3-9(15)11(17)5-7/h1-6H,17H2,(H,18,19). The average Bonchev–Trinajstić information content (AvgIpc) is 2.37. The molecule has 0 radical (unpaired) electrons. The van der Waals surface area contributed by atoms with Crippen molar-refractivity contribution in [2.24, 2.45) is 0 Å². The van der Waals surface area contributed by atoms with Gasteiger partial charge < -0.3 is 11.1 Å². The fourth-order valence-corrected chi connectivity index (χ4v) is 2.08. The van der Waals surface area contributed by atoms with Crippen LogP contribution in [0.1, 0.15) is 10.4 Å². The summed E-state index contributed by atoms with van der Waals surface area (Å²) >= 11 is 6.46. The number of anilines is 2. The van der Waals surface area contributed by atoms with Gasteiger partial charge in [-0.2, -0.15) is 0 Å². The van der Waals surface area contributed by atoms with Crippen LogP contribution < -0.4 is 11.1 Å². The second-order valence-corrected chi connectivity index (χ2v) is 5.58. The third kappa shape index (κ3) is 3.33. The van der Waals surface area contributed by atoms with Gasteiger partial charge in [0.2, 0.25) is 0 Å². The van der Waals surface area contributed by atoms with Crippen molar-refractivity contribution in [2.45, 2.75) is 0 Å². The summed E-state index contributed by atoms with van der Waals surface area (Å²) in [6.45, 7) is 0. The number of amides is 1. The number of nitrogens with one attached hydrogen (secondary N) is 1. The minimum Gasteiger partial charge on any atom is -0.398 e. The van der Waals surface area contributed by atoms with Crippen LogP contribution in [0, 0.1) is 5.82 Å². The lowest BCUT2D eigenvalue weighted by Crippen LogP contribution is -2.13. The normalized spacial score (nSPS) is 10.3. The van der Waals surface area contributed by atoms with Gasteiger partial charge in [0.15, 0.2) is 0 Å². The smallest absolute Gasteiger partial charge is 0.255 e. The number of nitrogen functional groups attached to an aromatic ring is 1. The number of carbonyl (C=O) groups excluding carboxylic acids is 1. The molecule has 0 aliphatic heterocycles. The average molecular weight is 388 g/mol. The summed E-state index contributed by atoms with van der Waals surface area (Å²) in [5, 5.41) is 2.50. The Morgan fingerprint density at radius 3 is 2.58 bits per heavy atom. The summed E-state index contributed by atoms with van der Waals surface area (Å²) in [6, 6.07) is 9.12. The molecule has 3 nitrogen and oxygen atoms in total. The Bertz CT molecular complexity index is 647. The van der Waals surface area contributed by atoms with E-state index in [-0.39, 0.29) is 5.69 Å². The van der Waals surface area contributed by atoms with Crippen molar-refractivity contribution in [3.8, 4) is 0 Å². The lowest BCUT2D eigenvalue weighted by Gasteiger charge is -2.08. The molecule has 2 aromatic carbocycles. The van der Waals surface area contributed by atoms with Gasteiger partial charge in [0.05, 0.1) is 5.69 Å². The molecule has 1 amide bonds. The lowest BCUT2D eigenvalue weighted by atomic mass is 10.2. The third-order valence-electron chi connectivity index (χ3n) is 2.43. The van der Waals surface area contributed by atoms with Gasteiger partial charge in [0.25, 0.3) is 5.91 Å². The minimum absolute atomic E-state index is 0.112. The van der Waals surface area contributed by atoms with Crippen LogP contribution in [0.4, 0.5) is 15.8 Å². The number of carbonyl (C=O) groups is 1. The Kier molecular flexibility index (Phi) is 4.21. The van der Waals surface area contributed by atoms with Crippen molar-refractivity contribution in [1.82, 2.24) is 0 Å². The number of nitrogens with two attached hydrogens (primary N) is 1. The summed E-state index contributed by atoms with van der Waals surface area (Å²) < 4.78 is 14.9. The van der Waals surface area contributed by atoms with Crippen LogP contribution >= 0.6 is 31.9 Å². The number of hydrogen-bond acceptors (Lipinski definition) is 2. The topological polar surface area (TPSA) is 55.1 Å². The van der Waals surface area contributed by atoms with E-state index in [1.54, 1.807) is 18.2 Å². The van der Waals surface area contributed by atoms with Crippen LogP contribution in [0.3, 0.4) is 0 Å². The van der Waals surface area contributed by atoms with E-state index >= 15 is 0 Å². The molecule has 98 valence electrons. The Balaban J connectivity index is 2.25. The maximum absolute atomic E-state index is 13.5. The first-order valence-corrected chi connectivity index (χ1v) is 6.87. The zero-order chi connectivity index (χ0) is 14.0. The van der Waals surface area contributed by atoms with Gasteiger partial charge >= 0.3 is 0 Å². The molecule has 19 heavy (non-hydrogen) atoms. The summed E-state index contributed by atoms with van der Waals surface area (Å²) in [7, 11) is 0. The third-order valence-corrected chi connectivity index (χ3v) is 3.65. The predicted molar refractivity (Wildman–Crippen MR) is 80.6 cm³/mol. The van der Waals surface area contributed by atoms with Gasteiger partial charge in [-0.15, -0.1) is 0 Å². The fourth-order valence-electron chi connectivity index (χ4n) is 1.47. The Labute approximate surface area is 126 Å². The van der Waals surface area contributed by atoms with Gasteiger partial charge in [-0.3, -0.25) is 4.79 Å². The van der Waals surface area contributed by atoms with Crippen LogP contribution in [-0.2, 0) is 0 Å². The molecule has 0 fully saturated rings. The van der Waals surface area contributed by atoms with Crippen LogP contribution in [0.25, 0.3) is 0 Å². The molecule has 0 saturated heterocycles. The van der Waals surface area contributed by atoms with Gasteiger partial charge in [-0.1, -0.05) is 15.9 Å². The van der Waals surface area contributed by atoms with Crippen LogP contribution in [-0.4, -0.2) is 5.91 Å². The molecular formula is C13H9Br2FN2O. The van der Waals surface area contributed by atoms with Gasteiger partial charge in [0.1, 0.15) is 5.82 Å². The second kappa shape index (κ2) is 5.71. The maximum atomic E-state index is 13.5. The molecule has 2 aromatic rings. The van der Waals surface area contributed by atoms with Gasteiger partial charge in [-0.25, -0.2) is 4.39 Å². The van der Waals surface area contributed by atoms with E-state index in [0.717, 1.165) is 0 Å². The number of halogens is 3. The number of rotatable bonds is 2. The molecule has 0 saturated carbocycles. The molecule has 0 heterocycles. The molecule has 0 spiro atoms. The van der Waals surface area contributed by atoms with Gasteiger partial charge in [0, 0.05) is 20.2 Å². The summed E-state index contributed by atoms with van der Waals surface area (Å²) in [6.07, 6.45) is 0. The van der Waals surface area contributed by atoms with Crippen LogP contribution in [0.2, 0.25) is 0 Å². The molecular weight excluding hydrogens is 379 g/mol. The van der Waals surface area contributed by atoms with Crippen molar-refractivity contribution >= 4 is 49.1 Å². The Morgan fingerprint density at radius 1 is 1.16 bits per heavy atom. The van der Waals surface area contributed by atoms with E-state index in [1.807, 2.05) is 0 Å². The van der Waals surface area contributed by atoms with Crippen molar-refractivity contribution in [2.75, 3.05) is 11.1 Å². The first-order chi connectivity index (χ1) is 8.97. The Hall–Kier alpha value is -1.40. The number of benzene rings is 2.